The van der Waals surface area contributed by atoms with E-state index in [2.05, 4.69) is 10.3 Å². The van der Waals surface area contributed by atoms with Crippen molar-refractivity contribution in [1.29, 1.82) is 0 Å². The molecule has 1 rings (SSSR count). The summed E-state index contributed by atoms with van der Waals surface area (Å²) in [7, 11) is -1.02. The molecule has 0 unspecified atom stereocenters. The lowest BCUT2D eigenvalue weighted by Crippen LogP contribution is -2.05. The first kappa shape index (κ1) is 13.3. The van der Waals surface area contributed by atoms with Crippen LogP contribution < -0.4 is 5.32 Å². The van der Waals surface area contributed by atoms with Crippen molar-refractivity contribution >= 4 is 27.4 Å². The molecule has 0 radical (unpaired) electrons. The van der Waals surface area contributed by atoms with Crippen molar-refractivity contribution in [3.05, 3.63) is 23.9 Å². The van der Waals surface area contributed by atoms with Gasteiger partial charge in [-0.3, -0.25) is 0 Å². The number of nitrogens with zero attached hydrogens (tertiary/aromatic N) is 1. The van der Waals surface area contributed by atoms with Crippen LogP contribution in [0.5, 0.6) is 0 Å². The zero-order valence-electron chi connectivity index (χ0n) is 9.43. The highest BCUT2D eigenvalue weighted by Crippen LogP contribution is 2.18. The fourth-order valence-corrected chi connectivity index (χ4v) is 3.45. The van der Waals surface area contributed by atoms with E-state index in [1.807, 2.05) is 19.2 Å². The normalized spacial score (nSPS) is 11.4. The van der Waals surface area contributed by atoms with Gasteiger partial charge in [0.1, 0.15) is 15.7 Å². The van der Waals surface area contributed by atoms with Crippen molar-refractivity contribution in [3.63, 3.8) is 0 Å². The number of hydrogen-bond acceptors (Lipinski definition) is 5. The van der Waals surface area contributed by atoms with E-state index >= 15 is 0 Å². The lowest BCUT2D eigenvalue weighted by atomic mass is 10.3. The maximum Gasteiger partial charge on any atom is 0.148 e. The minimum Gasteiger partial charge on any atom is -0.373 e. The van der Waals surface area contributed by atoms with Gasteiger partial charge in [-0.25, -0.2) is 13.4 Å². The molecule has 0 aromatic carbocycles. The molecule has 0 fully saturated rings. The number of sulfone groups is 1. The first-order valence-corrected chi connectivity index (χ1v) is 8.11. The summed E-state index contributed by atoms with van der Waals surface area (Å²) in [5.74, 6) is 2.48. The smallest absolute Gasteiger partial charge is 0.148 e. The summed E-state index contributed by atoms with van der Waals surface area (Å²) in [6.07, 6.45) is 2.99. The second kappa shape index (κ2) is 6.10. The molecule has 4 nitrogen and oxygen atoms in total. The van der Waals surface area contributed by atoms with E-state index in [9.17, 15) is 8.42 Å². The first-order chi connectivity index (χ1) is 7.53. The summed E-state index contributed by atoms with van der Waals surface area (Å²) in [5, 5.41) is 3.01. The molecule has 90 valence electrons. The van der Waals surface area contributed by atoms with Crippen LogP contribution in [0.3, 0.4) is 0 Å². The highest BCUT2D eigenvalue weighted by Gasteiger charge is 2.04. The van der Waals surface area contributed by atoms with Crippen molar-refractivity contribution in [2.24, 2.45) is 0 Å². The SMILES string of the molecule is CNc1ncccc1CSCCS(C)(=O)=O. The quantitative estimate of drug-likeness (QED) is 0.784. The molecule has 0 aliphatic carbocycles. The third kappa shape index (κ3) is 4.85. The lowest BCUT2D eigenvalue weighted by molar-refractivity contribution is 0.603. The summed E-state index contributed by atoms with van der Waals surface area (Å²) in [4.78, 5) is 4.18. The van der Waals surface area contributed by atoms with Crippen LogP contribution in [-0.4, -0.2) is 38.2 Å². The molecule has 0 bridgehead atoms. The molecular formula is C10H16N2O2S2. The summed E-state index contributed by atoms with van der Waals surface area (Å²) >= 11 is 1.60. The van der Waals surface area contributed by atoms with E-state index in [0.717, 1.165) is 17.1 Å². The number of rotatable bonds is 6. The largest absolute Gasteiger partial charge is 0.373 e. The molecule has 0 aliphatic rings. The van der Waals surface area contributed by atoms with Crippen LogP contribution in [-0.2, 0) is 15.6 Å². The van der Waals surface area contributed by atoms with Crippen LogP contribution in [0.25, 0.3) is 0 Å². The van der Waals surface area contributed by atoms with Crippen LogP contribution >= 0.6 is 11.8 Å². The van der Waals surface area contributed by atoms with Crippen LogP contribution in [0, 0.1) is 0 Å². The predicted molar refractivity (Wildman–Crippen MR) is 69.7 cm³/mol. The predicted octanol–water partition coefficient (Wildman–Crippen LogP) is 1.40. The Morgan fingerprint density at radius 2 is 2.25 bits per heavy atom. The number of hydrogen-bond donors (Lipinski definition) is 1. The van der Waals surface area contributed by atoms with Crippen molar-refractivity contribution in [2.75, 3.05) is 30.1 Å². The van der Waals surface area contributed by atoms with E-state index < -0.39 is 9.84 Å². The number of aromatic nitrogens is 1. The van der Waals surface area contributed by atoms with Crippen LogP contribution in [0.4, 0.5) is 5.82 Å². The summed E-state index contributed by atoms with van der Waals surface area (Å²) in [6, 6.07) is 3.87. The molecule has 0 saturated heterocycles. The van der Waals surface area contributed by atoms with Gasteiger partial charge in [-0.05, 0) is 6.07 Å². The molecule has 0 aliphatic heterocycles. The highest BCUT2D eigenvalue weighted by atomic mass is 32.2. The molecule has 6 heteroatoms. The standard InChI is InChI=1S/C10H16N2O2S2/c1-11-10-9(4-3-5-12-10)8-15-6-7-16(2,13)14/h3-5H,6-8H2,1-2H3,(H,11,12). The monoisotopic (exact) mass is 260 g/mol. The van der Waals surface area contributed by atoms with Gasteiger partial charge in [0.25, 0.3) is 0 Å². The van der Waals surface area contributed by atoms with Crippen LogP contribution in [0.15, 0.2) is 18.3 Å². The first-order valence-electron chi connectivity index (χ1n) is 4.90. The van der Waals surface area contributed by atoms with Gasteiger partial charge in [0, 0.05) is 36.6 Å². The fraction of sp³-hybridized carbons (Fsp3) is 0.500. The Bertz CT molecular complexity index is 432. The van der Waals surface area contributed by atoms with Gasteiger partial charge in [-0.15, -0.1) is 0 Å². The molecule has 0 amide bonds. The van der Waals surface area contributed by atoms with Crippen molar-refractivity contribution in [1.82, 2.24) is 4.98 Å². The van der Waals surface area contributed by atoms with E-state index in [0.29, 0.717) is 5.75 Å². The minimum absolute atomic E-state index is 0.229. The van der Waals surface area contributed by atoms with Crippen molar-refractivity contribution < 1.29 is 8.42 Å². The molecule has 0 saturated carbocycles. The number of thioether (sulfide) groups is 1. The van der Waals surface area contributed by atoms with Gasteiger partial charge in [0.05, 0.1) is 5.75 Å². The Balaban J connectivity index is 2.43. The third-order valence-electron chi connectivity index (χ3n) is 1.98. The van der Waals surface area contributed by atoms with Gasteiger partial charge in [-0.2, -0.15) is 11.8 Å². The Morgan fingerprint density at radius 3 is 2.88 bits per heavy atom. The topological polar surface area (TPSA) is 59.1 Å². The highest BCUT2D eigenvalue weighted by molar-refractivity contribution is 7.99. The molecule has 1 N–H and O–H groups in total. The Labute approximate surface area is 101 Å². The van der Waals surface area contributed by atoms with Gasteiger partial charge >= 0.3 is 0 Å². The summed E-state index contributed by atoms with van der Waals surface area (Å²) in [5.41, 5.74) is 1.10. The molecule has 1 aromatic rings. The average molecular weight is 260 g/mol. The zero-order valence-corrected chi connectivity index (χ0v) is 11.1. The summed E-state index contributed by atoms with van der Waals surface area (Å²) in [6.45, 7) is 0. The maximum absolute atomic E-state index is 10.9. The Kier molecular flexibility index (Phi) is 5.08. The zero-order chi connectivity index (χ0) is 12.0. The van der Waals surface area contributed by atoms with E-state index in [4.69, 9.17) is 0 Å². The maximum atomic E-state index is 10.9. The number of anilines is 1. The van der Waals surface area contributed by atoms with E-state index in [1.165, 1.54) is 6.26 Å². The second-order valence-electron chi connectivity index (χ2n) is 3.44. The molecule has 1 heterocycles. The van der Waals surface area contributed by atoms with Gasteiger partial charge in [0.2, 0.25) is 0 Å². The molecule has 0 spiro atoms. The molecule has 0 atom stereocenters. The average Bonchev–Trinajstić information content (AvgIpc) is 2.23. The van der Waals surface area contributed by atoms with Crippen LogP contribution in [0.1, 0.15) is 5.56 Å². The number of nitrogens with one attached hydrogen (secondary N) is 1. The van der Waals surface area contributed by atoms with Gasteiger partial charge in [-0.1, -0.05) is 6.07 Å². The lowest BCUT2D eigenvalue weighted by Gasteiger charge is -2.06. The van der Waals surface area contributed by atoms with Gasteiger partial charge < -0.3 is 5.32 Å². The second-order valence-corrected chi connectivity index (χ2v) is 6.81. The van der Waals surface area contributed by atoms with Crippen molar-refractivity contribution in [3.8, 4) is 0 Å². The Morgan fingerprint density at radius 1 is 1.50 bits per heavy atom. The van der Waals surface area contributed by atoms with E-state index in [-0.39, 0.29) is 5.75 Å². The van der Waals surface area contributed by atoms with Crippen LogP contribution in [0.2, 0.25) is 0 Å². The molecular weight excluding hydrogens is 244 g/mol. The molecule has 16 heavy (non-hydrogen) atoms. The third-order valence-corrected chi connectivity index (χ3v) is 4.20. The van der Waals surface area contributed by atoms with Crippen molar-refractivity contribution in [2.45, 2.75) is 5.75 Å². The summed E-state index contributed by atoms with van der Waals surface area (Å²) < 4.78 is 21.9. The molecule has 1 aromatic heterocycles. The fourth-order valence-electron chi connectivity index (χ4n) is 1.17. The van der Waals surface area contributed by atoms with Gasteiger partial charge in [0.15, 0.2) is 0 Å². The number of pyridine rings is 1. The Hall–Kier alpha value is -0.750. The van der Waals surface area contributed by atoms with E-state index in [1.54, 1.807) is 18.0 Å². The minimum atomic E-state index is -2.85.